The molecule has 0 unspecified atom stereocenters. The van der Waals surface area contributed by atoms with Gasteiger partial charge in [0.05, 0.1) is 24.3 Å². The average molecular weight is 593 g/mol. The van der Waals surface area contributed by atoms with E-state index in [4.69, 9.17) is 31.0 Å². The van der Waals surface area contributed by atoms with Crippen molar-refractivity contribution in [3.8, 4) is 0 Å². The first-order valence-electron chi connectivity index (χ1n) is 14.0. The van der Waals surface area contributed by atoms with Crippen LogP contribution in [0.4, 0.5) is 0 Å². The SMILES string of the molecule is CC(C)(C)[Si](C)(C)O[C@@H]1CCC[C@H](N=[N+]=[N-])[C@@H]1N=[N+]=[N-].CC(C)(C)[Si](C)(C)O[C@H]1CCC[C@@H](N=[N+]=[N-])[C@H]1N=[N+]=[N-]. The second-order valence-corrected chi connectivity index (χ2v) is 23.1. The molecular formula is C24H48N12O2Si2. The molecule has 0 aliphatic heterocycles. The Bertz CT molecular complexity index is 949. The Morgan fingerprint density at radius 2 is 0.850 bits per heavy atom. The second-order valence-electron chi connectivity index (χ2n) is 13.6. The lowest BCUT2D eigenvalue weighted by atomic mass is 9.89. The molecule has 2 fully saturated rings. The number of azide groups is 4. The van der Waals surface area contributed by atoms with Crippen LogP contribution in [0.5, 0.6) is 0 Å². The summed E-state index contributed by atoms with van der Waals surface area (Å²) in [5.41, 5.74) is 34.8. The van der Waals surface area contributed by atoms with Crippen molar-refractivity contribution in [1.82, 2.24) is 0 Å². The van der Waals surface area contributed by atoms with Crippen LogP contribution in [0.2, 0.25) is 36.3 Å². The molecule has 0 saturated heterocycles. The Balaban J connectivity index is 0.000000400. The Hall–Kier alpha value is -2.41. The van der Waals surface area contributed by atoms with E-state index in [1.807, 2.05) is 0 Å². The van der Waals surface area contributed by atoms with Gasteiger partial charge in [0, 0.05) is 31.7 Å². The first-order valence-corrected chi connectivity index (χ1v) is 19.8. The van der Waals surface area contributed by atoms with Crippen molar-refractivity contribution < 1.29 is 8.85 Å². The van der Waals surface area contributed by atoms with Crippen LogP contribution in [0.1, 0.15) is 80.1 Å². The third-order valence-electron chi connectivity index (χ3n) is 8.80. The van der Waals surface area contributed by atoms with Crippen molar-refractivity contribution in [2.24, 2.45) is 20.5 Å². The molecule has 0 aromatic heterocycles. The highest BCUT2D eigenvalue weighted by Gasteiger charge is 2.44. The van der Waals surface area contributed by atoms with Crippen LogP contribution in [0.3, 0.4) is 0 Å². The second kappa shape index (κ2) is 15.0. The minimum Gasteiger partial charge on any atom is -0.414 e. The van der Waals surface area contributed by atoms with Gasteiger partial charge in [0.2, 0.25) is 0 Å². The third kappa shape index (κ3) is 9.90. The fourth-order valence-corrected chi connectivity index (χ4v) is 7.14. The summed E-state index contributed by atoms with van der Waals surface area (Å²) in [6.45, 7) is 21.8. The van der Waals surface area contributed by atoms with Crippen molar-refractivity contribution in [1.29, 1.82) is 0 Å². The molecule has 0 radical (unpaired) electrons. The summed E-state index contributed by atoms with van der Waals surface area (Å²) in [4.78, 5) is 11.6. The highest BCUT2D eigenvalue weighted by molar-refractivity contribution is 6.74. The fraction of sp³-hybridized carbons (Fsp3) is 1.00. The van der Waals surface area contributed by atoms with Crippen molar-refractivity contribution in [2.75, 3.05) is 0 Å². The van der Waals surface area contributed by atoms with Gasteiger partial charge in [-0.1, -0.05) is 74.8 Å². The van der Waals surface area contributed by atoms with Gasteiger partial charge in [0.25, 0.3) is 0 Å². The predicted molar refractivity (Wildman–Crippen MR) is 164 cm³/mol. The van der Waals surface area contributed by atoms with E-state index >= 15 is 0 Å². The monoisotopic (exact) mass is 592 g/mol. The normalized spacial score (nSPS) is 27.4. The molecule has 224 valence electrons. The van der Waals surface area contributed by atoms with Crippen molar-refractivity contribution in [3.05, 3.63) is 41.8 Å². The van der Waals surface area contributed by atoms with Gasteiger partial charge in [-0.3, -0.25) is 0 Å². The summed E-state index contributed by atoms with van der Waals surface area (Å²) in [6, 6.07) is -1.36. The van der Waals surface area contributed by atoms with Crippen LogP contribution >= 0.6 is 0 Å². The van der Waals surface area contributed by atoms with E-state index in [0.717, 1.165) is 38.5 Å². The molecule has 14 nitrogen and oxygen atoms in total. The Morgan fingerprint density at radius 1 is 0.550 bits per heavy atom. The van der Waals surface area contributed by atoms with E-state index in [0.29, 0.717) is 0 Å². The standard InChI is InChI=1S/2C12H24N6OSi/c2*1-12(2,3)20(4,5)19-10-8-6-7-9(15-17-13)11(10)16-18-14/h2*9-11H,6-8H2,1-5H3/t2*9-,10+,11-/m10/s1. The van der Waals surface area contributed by atoms with E-state index in [1.54, 1.807) is 0 Å². The number of hydrogen-bond acceptors (Lipinski definition) is 6. The van der Waals surface area contributed by atoms with Crippen molar-refractivity contribution in [2.45, 2.75) is 153 Å². The molecule has 0 spiro atoms. The zero-order valence-corrected chi connectivity index (χ0v) is 27.9. The van der Waals surface area contributed by atoms with E-state index in [1.165, 1.54) is 0 Å². The van der Waals surface area contributed by atoms with Crippen LogP contribution in [-0.4, -0.2) is 53.0 Å². The molecule has 6 atom stereocenters. The van der Waals surface area contributed by atoms with Gasteiger partial charge in [0.1, 0.15) is 0 Å². The summed E-state index contributed by atoms with van der Waals surface area (Å²) >= 11 is 0. The largest absolute Gasteiger partial charge is 0.414 e. The third-order valence-corrected chi connectivity index (χ3v) is 17.8. The van der Waals surface area contributed by atoms with Crippen molar-refractivity contribution >= 4 is 16.6 Å². The molecule has 0 bridgehead atoms. The average Bonchev–Trinajstić information content (AvgIpc) is 2.82. The smallest absolute Gasteiger partial charge is 0.192 e. The highest BCUT2D eigenvalue weighted by Crippen LogP contribution is 2.41. The molecule has 16 heteroatoms. The van der Waals surface area contributed by atoms with E-state index in [-0.39, 0.29) is 34.4 Å². The van der Waals surface area contributed by atoms with Gasteiger partial charge in [-0.05, 0) is 84.1 Å². The summed E-state index contributed by atoms with van der Waals surface area (Å²) in [5.74, 6) is 0. The first-order chi connectivity index (χ1) is 18.5. The Labute approximate surface area is 240 Å². The highest BCUT2D eigenvalue weighted by atomic mass is 28.4. The van der Waals surface area contributed by atoms with E-state index in [2.05, 4.69) is 108 Å². The maximum absolute atomic E-state index is 8.76. The number of nitrogens with zero attached hydrogens (tertiary/aromatic N) is 12. The van der Waals surface area contributed by atoms with Crippen LogP contribution in [0, 0.1) is 0 Å². The minimum atomic E-state index is -1.93. The summed E-state index contributed by atoms with van der Waals surface area (Å²) in [7, 11) is -3.87. The van der Waals surface area contributed by atoms with Gasteiger partial charge in [-0.2, -0.15) is 0 Å². The minimum absolute atomic E-state index is 0.0966. The zero-order chi connectivity index (χ0) is 30.8. The topological polar surface area (TPSA) is 213 Å². The molecular weight excluding hydrogens is 545 g/mol. The molecule has 2 aliphatic rings. The quantitative estimate of drug-likeness (QED) is 0.116. The molecule has 0 aromatic carbocycles. The Kier molecular flexibility index (Phi) is 13.4. The van der Waals surface area contributed by atoms with Gasteiger partial charge in [-0.25, -0.2) is 0 Å². The number of rotatable bonds is 8. The zero-order valence-electron chi connectivity index (χ0n) is 25.9. The van der Waals surface area contributed by atoms with E-state index in [9.17, 15) is 0 Å². The summed E-state index contributed by atoms with van der Waals surface area (Å²) in [5, 5.41) is 15.4. The van der Waals surface area contributed by atoms with E-state index < -0.39 is 28.7 Å². The van der Waals surface area contributed by atoms with Crippen LogP contribution < -0.4 is 0 Å². The molecule has 40 heavy (non-hydrogen) atoms. The lowest BCUT2D eigenvalue weighted by Crippen LogP contribution is -2.50. The molecule has 0 N–H and O–H groups in total. The summed E-state index contributed by atoms with van der Waals surface area (Å²) in [6.07, 6.45) is 4.80. The lowest BCUT2D eigenvalue weighted by Gasteiger charge is -2.43. The molecule has 2 rings (SSSR count). The maximum atomic E-state index is 8.76. The predicted octanol–water partition coefficient (Wildman–Crippen LogP) is 9.84. The molecule has 2 aliphatic carbocycles. The first kappa shape index (κ1) is 35.6. The van der Waals surface area contributed by atoms with Gasteiger partial charge in [-0.15, -0.1) is 0 Å². The van der Waals surface area contributed by atoms with Gasteiger partial charge < -0.3 is 8.85 Å². The van der Waals surface area contributed by atoms with Gasteiger partial charge in [0.15, 0.2) is 16.6 Å². The summed E-state index contributed by atoms with van der Waals surface area (Å²) < 4.78 is 12.8. The van der Waals surface area contributed by atoms with Crippen LogP contribution in [-0.2, 0) is 8.85 Å². The lowest BCUT2D eigenvalue weighted by molar-refractivity contribution is 0.106. The number of hydrogen-bond donors (Lipinski definition) is 0. The molecule has 2 saturated carbocycles. The van der Waals surface area contributed by atoms with Crippen LogP contribution in [0.25, 0.3) is 41.8 Å². The molecule has 0 heterocycles. The fourth-order valence-electron chi connectivity index (χ4n) is 4.41. The Morgan fingerprint density at radius 3 is 1.10 bits per heavy atom. The molecule has 0 amide bonds. The van der Waals surface area contributed by atoms with Crippen molar-refractivity contribution in [3.63, 3.8) is 0 Å². The van der Waals surface area contributed by atoms with Gasteiger partial charge >= 0.3 is 0 Å². The maximum Gasteiger partial charge on any atom is 0.192 e. The molecule has 0 aromatic rings. The van der Waals surface area contributed by atoms with Crippen LogP contribution in [0.15, 0.2) is 20.5 Å².